The second-order valence-corrected chi connectivity index (χ2v) is 7.24. The van der Waals surface area contributed by atoms with Gasteiger partial charge in [-0.15, -0.1) is 11.3 Å². The van der Waals surface area contributed by atoms with Gasteiger partial charge >= 0.3 is 5.97 Å². The largest absolute Gasteiger partial charge is 0.497 e. The van der Waals surface area contributed by atoms with Crippen LogP contribution in [-0.2, 0) is 4.79 Å². The number of benzene rings is 1. The molecule has 0 aliphatic carbocycles. The minimum atomic E-state index is -0.735. The maximum Gasteiger partial charge on any atom is 0.308 e. The van der Waals surface area contributed by atoms with Gasteiger partial charge in [0.15, 0.2) is 0 Å². The first-order valence-corrected chi connectivity index (χ1v) is 9.39. The fraction of sp³-hybridized carbons (Fsp3) is 0.316. The van der Waals surface area contributed by atoms with Gasteiger partial charge in [0.25, 0.3) is 0 Å². The lowest BCUT2D eigenvalue weighted by Gasteiger charge is -2.32. The Labute approximate surface area is 155 Å². The number of aliphatic carboxylic acids is 1. The van der Waals surface area contributed by atoms with Gasteiger partial charge in [-0.3, -0.25) is 4.79 Å². The van der Waals surface area contributed by atoms with Crippen molar-refractivity contribution >= 4 is 33.3 Å². The molecular formula is C19H19N3O3S. The highest BCUT2D eigenvalue weighted by atomic mass is 32.1. The van der Waals surface area contributed by atoms with Crippen LogP contribution in [0.15, 0.2) is 36.0 Å². The summed E-state index contributed by atoms with van der Waals surface area (Å²) in [4.78, 5) is 23.4. The quantitative estimate of drug-likeness (QED) is 0.756. The molecule has 1 atom stereocenters. The smallest absolute Gasteiger partial charge is 0.308 e. The van der Waals surface area contributed by atoms with Crippen LogP contribution in [0.25, 0.3) is 21.3 Å². The van der Waals surface area contributed by atoms with E-state index >= 15 is 0 Å². The number of methoxy groups -OCH3 is 1. The van der Waals surface area contributed by atoms with Gasteiger partial charge in [-0.25, -0.2) is 9.97 Å². The van der Waals surface area contributed by atoms with E-state index in [1.807, 2.05) is 24.3 Å². The average Bonchev–Trinajstić information content (AvgIpc) is 3.12. The Morgan fingerprint density at radius 3 is 2.85 bits per heavy atom. The average molecular weight is 369 g/mol. The standard InChI is InChI=1S/C19H19N3O3S/c1-25-14-6-4-12(5-7-14)15-10-26-18-16(15)17(20-11-21-18)22-8-2-3-13(9-22)19(23)24/h4-7,10-11,13H,2-3,8-9H2,1H3,(H,23,24)/t13-/m0/s1. The number of carbonyl (C=O) groups is 1. The van der Waals surface area contributed by atoms with Gasteiger partial charge in [0.1, 0.15) is 22.7 Å². The molecule has 0 saturated carbocycles. The van der Waals surface area contributed by atoms with Crippen molar-refractivity contribution < 1.29 is 14.6 Å². The zero-order valence-electron chi connectivity index (χ0n) is 14.4. The van der Waals surface area contributed by atoms with Crippen molar-refractivity contribution in [1.29, 1.82) is 0 Å². The number of anilines is 1. The Hall–Kier alpha value is -2.67. The summed E-state index contributed by atoms with van der Waals surface area (Å²) in [5.74, 6) is 0.552. The first-order chi connectivity index (χ1) is 12.7. The number of thiophene rings is 1. The molecule has 0 unspecified atom stereocenters. The molecule has 1 saturated heterocycles. The molecule has 0 radical (unpaired) electrons. The number of carboxylic acids is 1. The number of piperidine rings is 1. The number of fused-ring (bicyclic) bond motifs is 1. The predicted octanol–water partition coefficient (Wildman–Crippen LogP) is 3.67. The third-order valence-corrected chi connectivity index (χ3v) is 5.71. The molecule has 1 fully saturated rings. The molecule has 1 aromatic carbocycles. The van der Waals surface area contributed by atoms with Crippen LogP contribution in [0.1, 0.15) is 12.8 Å². The minimum Gasteiger partial charge on any atom is -0.497 e. The van der Waals surface area contributed by atoms with Gasteiger partial charge in [-0.1, -0.05) is 12.1 Å². The van der Waals surface area contributed by atoms with E-state index in [4.69, 9.17) is 4.74 Å². The van der Waals surface area contributed by atoms with Gasteiger partial charge in [0, 0.05) is 24.0 Å². The molecule has 1 aliphatic rings. The van der Waals surface area contributed by atoms with Gasteiger partial charge in [0.05, 0.1) is 18.4 Å². The lowest BCUT2D eigenvalue weighted by Crippen LogP contribution is -2.39. The van der Waals surface area contributed by atoms with Gasteiger partial charge in [-0.05, 0) is 30.5 Å². The highest BCUT2D eigenvalue weighted by Gasteiger charge is 2.28. The van der Waals surface area contributed by atoms with Crippen LogP contribution >= 0.6 is 11.3 Å². The number of carboxylic acid groups (broad SMARTS) is 1. The SMILES string of the molecule is COc1ccc(-c2csc3ncnc(N4CCC[C@H](C(=O)O)C4)c23)cc1. The van der Waals surface area contributed by atoms with Crippen LogP contribution in [0.4, 0.5) is 5.82 Å². The van der Waals surface area contributed by atoms with E-state index in [9.17, 15) is 9.90 Å². The van der Waals surface area contributed by atoms with Gasteiger partial charge in [-0.2, -0.15) is 0 Å². The Bertz CT molecular complexity index is 939. The van der Waals surface area contributed by atoms with Crippen molar-refractivity contribution in [2.24, 2.45) is 5.92 Å². The molecule has 6 nitrogen and oxygen atoms in total. The Balaban J connectivity index is 1.78. The third-order valence-electron chi connectivity index (χ3n) is 4.82. The summed E-state index contributed by atoms with van der Waals surface area (Å²) in [7, 11) is 1.65. The van der Waals surface area contributed by atoms with Crippen molar-refractivity contribution in [2.45, 2.75) is 12.8 Å². The molecule has 2 aromatic heterocycles. The summed E-state index contributed by atoms with van der Waals surface area (Å²) >= 11 is 1.58. The lowest BCUT2D eigenvalue weighted by molar-refractivity contribution is -0.141. The van der Waals surface area contributed by atoms with Crippen molar-refractivity contribution in [1.82, 2.24) is 9.97 Å². The Kier molecular flexibility index (Phi) is 4.46. The Morgan fingerprint density at radius 1 is 1.31 bits per heavy atom. The maximum atomic E-state index is 11.4. The summed E-state index contributed by atoms with van der Waals surface area (Å²) in [6.07, 6.45) is 3.13. The number of nitrogens with zero attached hydrogens (tertiary/aromatic N) is 3. The second kappa shape index (κ2) is 6.92. The van der Waals surface area contributed by atoms with Gasteiger partial charge in [0.2, 0.25) is 0 Å². The molecular weight excluding hydrogens is 350 g/mol. The van der Waals surface area contributed by atoms with Crippen LogP contribution in [-0.4, -0.2) is 41.2 Å². The van der Waals surface area contributed by atoms with Crippen molar-refractivity contribution in [3.63, 3.8) is 0 Å². The summed E-state index contributed by atoms with van der Waals surface area (Å²) in [5, 5.41) is 12.5. The molecule has 3 aromatic rings. The van der Waals surface area contributed by atoms with Gasteiger partial charge < -0.3 is 14.7 Å². The van der Waals surface area contributed by atoms with Crippen LogP contribution in [0.2, 0.25) is 0 Å². The van der Waals surface area contributed by atoms with Crippen LogP contribution in [0.3, 0.4) is 0 Å². The molecule has 0 bridgehead atoms. The highest BCUT2D eigenvalue weighted by molar-refractivity contribution is 7.17. The molecule has 7 heteroatoms. The van der Waals surface area contributed by atoms with E-state index in [1.54, 1.807) is 24.8 Å². The molecule has 1 N–H and O–H groups in total. The molecule has 0 amide bonds. The number of hydrogen-bond acceptors (Lipinski definition) is 6. The first-order valence-electron chi connectivity index (χ1n) is 8.51. The highest BCUT2D eigenvalue weighted by Crippen LogP contribution is 2.39. The summed E-state index contributed by atoms with van der Waals surface area (Å²) in [5.41, 5.74) is 2.14. The van der Waals surface area contributed by atoms with Crippen molar-refractivity contribution in [3.05, 3.63) is 36.0 Å². The molecule has 0 spiro atoms. The molecule has 1 aliphatic heterocycles. The predicted molar refractivity (Wildman–Crippen MR) is 102 cm³/mol. The minimum absolute atomic E-state index is 0.350. The van der Waals surface area contributed by atoms with Crippen LogP contribution in [0.5, 0.6) is 5.75 Å². The molecule has 3 heterocycles. The van der Waals surface area contributed by atoms with Crippen LogP contribution < -0.4 is 9.64 Å². The first kappa shape index (κ1) is 16.8. The molecule has 4 rings (SSSR count). The van der Waals surface area contributed by atoms with E-state index in [1.165, 1.54) is 0 Å². The number of aromatic nitrogens is 2. The van der Waals surface area contributed by atoms with Crippen molar-refractivity contribution in [3.8, 4) is 16.9 Å². The second-order valence-electron chi connectivity index (χ2n) is 6.38. The lowest BCUT2D eigenvalue weighted by atomic mass is 9.97. The number of rotatable bonds is 4. The van der Waals surface area contributed by atoms with Crippen LogP contribution in [0, 0.1) is 5.92 Å². The number of ether oxygens (including phenoxy) is 1. The number of hydrogen-bond donors (Lipinski definition) is 1. The molecule has 134 valence electrons. The maximum absolute atomic E-state index is 11.4. The fourth-order valence-corrected chi connectivity index (χ4v) is 4.36. The summed E-state index contributed by atoms with van der Waals surface area (Å²) in [6, 6.07) is 7.91. The van der Waals surface area contributed by atoms with E-state index < -0.39 is 5.97 Å². The zero-order valence-corrected chi connectivity index (χ0v) is 15.2. The third kappa shape index (κ3) is 2.99. The Morgan fingerprint density at radius 2 is 2.12 bits per heavy atom. The van der Waals surface area contributed by atoms with E-state index in [-0.39, 0.29) is 5.92 Å². The topological polar surface area (TPSA) is 75.6 Å². The monoisotopic (exact) mass is 369 g/mol. The molecule has 26 heavy (non-hydrogen) atoms. The normalized spacial score (nSPS) is 17.4. The van der Waals surface area contributed by atoms with E-state index in [0.717, 1.165) is 52.3 Å². The van der Waals surface area contributed by atoms with E-state index in [2.05, 4.69) is 20.2 Å². The fourth-order valence-electron chi connectivity index (χ4n) is 3.45. The van der Waals surface area contributed by atoms with E-state index in [0.29, 0.717) is 6.54 Å². The summed E-state index contributed by atoms with van der Waals surface area (Å²) < 4.78 is 5.24. The van der Waals surface area contributed by atoms with Crippen molar-refractivity contribution in [2.75, 3.05) is 25.1 Å². The zero-order chi connectivity index (χ0) is 18.1. The summed E-state index contributed by atoms with van der Waals surface area (Å²) in [6.45, 7) is 1.30.